The number of benzene rings is 1. The van der Waals surface area contributed by atoms with Crippen LogP contribution >= 0.6 is 0 Å². The van der Waals surface area contributed by atoms with Crippen molar-refractivity contribution in [2.75, 3.05) is 39.8 Å². The molecule has 1 saturated heterocycles. The monoisotopic (exact) mass is 448 g/mol. The first kappa shape index (κ1) is 21.4. The molecule has 0 spiro atoms. The number of hydrogen-bond acceptors (Lipinski definition) is 5. The molecule has 0 radical (unpaired) electrons. The highest BCUT2D eigenvalue weighted by Gasteiger charge is 2.35. The molecule has 9 heteroatoms. The fourth-order valence-corrected chi connectivity index (χ4v) is 4.67. The molecular weight excluding hydrogens is 420 g/mol. The van der Waals surface area contributed by atoms with E-state index in [0.29, 0.717) is 42.2 Å². The minimum Gasteiger partial charge on any atom is -0.339 e. The van der Waals surface area contributed by atoms with Gasteiger partial charge in [0.1, 0.15) is 17.9 Å². The second-order valence-corrected chi connectivity index (χ2v) is 8.79. The summed E-state index contributed by atoms with van der Waals surface area (Å²) in [5.74, 6) is -0.250. The van der Waals surface area contributed by atoms with Gasteiger partial charge in [-0.1, -0.05) is 37.3 Å². The van der Waals surface area contributed by atoms with Gasteiger partial charge in [0.15, 0.2) is 0 Å². The Bertz CT molecular complexity index is 1270. The van der Waals surface area contributed by atoms with Crippen molar-refractivity contribution < 1.29 is 9.59 Å². The molecule has 0 saturated carbocycles. The van der Waals surface area contributed by atoms with E-state index in [1.165, 1.54) is 4.52 Å². The molecule has 0 N–H and O–H groups in total. The fourth-order valence-electron chi connectivity index (χ4n) is 4.67. The highest BCUT2D eigenvalue weighted by molar-refractivity contribution is 5.98. The third-order valence-corrected chi connectivity index (χ3v) is 6.52. The molecule has 0 aliphatic carbocycles. The van der Waals surface area contributed by atoms with Crippen LogP contribution < -0.4 is 5.56 Å². The third kappa shape index (κ3) is 3.72. The average Bonchev–Trinajstić information content (AvgIpc) is 3.41. The SMILES string of the molecule is CCCN1Cc2c(n(CC(=O)N3CCN(C)CC3)c3cc(-c4ccccc4)nn3c2=O)C1=O. The molecule has 3 aromatic rings. The van der Waals surface area contributed by atoms with Gasteiger partial charge in [-0.3, -0.25) is 14.4 Å². The molecule has 9 nitrogen and oxygen atoms in total. The van der Waals surface area contributed by atoms with Crippen molar-refractivity contribution in [3.8, 4) is 11.3 Å². The Labute approximate surface area is 191 Å². The zero-order valence-corrected chi connectivity index (χ0v) is 19.0. The maximum absolute atomic E-state index is 13.3. The van der Waals surface area contributed by atoms with Crippen molar-refractivity contribution in [1.82, 2.24) is 28.9 Å². The number of amides is 2. The van der Waals surface area contributed by atoms with Gasteiger partial charge in [-0.05, 0) is 13.5 Å². The number of aromatic nitrogens is 3. The van der Waals surface area contributed by atoms with Crippen LogP contribution in [-0.2, 0) is 17.9 Å². The van der Waals surface area contributed by atoms with Crippen LogP contribution in [0, 0.1) is 0 Å². The van der Waals surface area contributed by atoms with Gasteiger partial charge in [-0.25, -0.2) is 0 Å². The molecule has 172 valence electrons. The van der Waals surface area contributed by atoms with Gasteiger partial charge >= 0.3 is 0 Å². The number of carbonyl (C=O) groups excluding carboxylic acids is 2. The highest BCUT2D eigenvalue weighted by atomic mass is 16.2. The van der Waals surface area contributed by atoms with Crippen molar-refractivity contribution in [3.63, 3.8) is 0 Å². The summed E-state index contributed by atoms with van der Waals surface area (Å²) in [7, 11) is 2.04. The van der Waals surface area contributed by atoms with Gasteiger partial charge in [0.05, 0.1) is 17.8 Å². The standard InChI is InChI=1S/C24H28N6O3/c1-3-9-28-15-18-22(24(28)33)29(16-21(31)27-12-10-26(2)11-13-27)20-14-19(25-30(20)23(18)32)17-7-5-4-6-8-17/h4-8,14H,3,9-13,15-16H2,1-2H3. The smallest absolute Gasteiger partial charge is 0.280 e. The average molecular weight is 449 g/mol. The molecule has 0 atom stereocenters. The molecule has 2 aliphatic rings. The molecular formula is C24H28N6O3. The van der Waals surface area contributed by atoms with Gasteiger partial charge in [-0.15, -0.1) is 0 Å². The summed E-state index contributed by atoms with van der Waals surface area (Å²) in [5.41, 5.74) is 2.41. The van der Waals surface area contributed by atoms with E-state index < -0.39 is 0 Å². The van der Waals surface area contributed by atoms with Crippen molar-refractivity contribution in [2.45, 2.75) is 26.4 Å². The molecule has 2 amide bonds. The zero-order chi connectivity index (χ0) is 23.1. The van der Waals surface area contributed by atoms with E-state index in [0.717, 1.165) is 25.1 Å². The van der Waals surface area contributed by atoms with Gasteiger partial charge in [0.25, 0.3) is 11.5 Å². The summed E-state index contributed by atoms with van der Waals surface area (Å²) < 4.78 is 3.05. The Balaban J connectivity index is 1.63. The number of carbonyl (C=O) groups is 2. The summed E-state index contributed by atoms with van der Waals surface area (Å²) in [6.45, 7) is 5.75. The van der Waals surface area contributed by atoms with Crippen molar-refractivity contribution in [2.24, 2.45) is 0 Å². The molecule has 4 heterocycles. The van der Waals surface area contributed by atoms with E-state index in [1.54, 1.807) is 15.5 Å². The number of likely N-dealkylation sites (N-methyl/N-ethyl adjacent to an activating group) is 1. The lowest BCUT2D eigenvalue weighted by Gasteiger charge is -2.32. The number of rotatable bonds is 5. The van der Waals surface area contributed by atoms with Crippen LogP contribution in [0.15, 0.2) is 41.2 Å². The summed E-state index contributed by atoms with van der Waals surface area (Å²) in [6.07, 6.45) is 0.795. The molecule has 2 aromatic heterocycles. The molecule has 2 aliphatic heterocycles. The van der Waals surface area contributed by atoms with Crippen molar-refractivity contribution >= 4 is 17.5 Å². The summed E-state index contributed by atoms with van der Waals surface area (Å²) in [5, 5.41) is 4.57. The fraction of sp³-hybridized carbons (Fsp3) is 0.417. The quantitative estimate of drug-likeness (QED) is 0.588. The maximum Gasteiger partial charge on any atom is 0.280 e. The van der Waals surface area contributed by atoms with Crippen LogP contribution in [0.1, 0.15) is 29.4 Å². The molecule has 0 bridgehead atoms. The Morgan fingerprint density at radius 1 is 1.06 bits per heavy atom. The van der Waals surface area contributed by atoms with Crippen molar-refractivity contribution in [3.05, 3.63) is 58.0 Å². The minimum absolute atomic E-state index is 0.00144. The molecule has 5 rings (SSSR count). The van der Waals surface area contributed by atoms with Gasteiger partial charge in [0, 0.05) is 44.4 Å². The van der Waals surface area contributed by atoms with E-state index in [2.05, 4.69) is 10.00 Å². The molecule has 0 unspecified atom stereocenters. The second-order valence-electron chi connectivity index (χ2n) is 8.79. The zero-order valence-electron chi connectivity index (χ0n) is 19.0. The number of nitrogens with zero attached hydrogens (tertiary/aromatic N) is 6. The number of hydrogen-bond donors (Lipinski definition) is 0. The minimum atomic E-state index is -0.294. The molecule has 1 fully saturated rings. The Morgan fingerprint density at radius 3 is 2.48 bits per heavy atom. The highest BCUT2D eigenvalue weighted by Crippen LogP contribution is 2.25. The Hall–Kier alpha value is -3.46. The first-order chi connectivity index (χ1) is 16.0. The Kier molecular flexibility index (Phi) is 5.49. The van der Waals surface area contributed by atoms with Crippen LogP contribution in [0.25, 0.3) is 16.9 Å². The van der Waals surface area contributed by atoms with E-state index >= 15 is 0 Å². The van der Waals surface area contributed by atoms with Gasteiger partial charge < -0.3 is 19.3 Å². The van der Waals surface area contributed by atoms with Gasteiger partial charge in [0.2, 0.25) is 5.91 Å². The lowest BCUT2D eigenvalue weighted by molar-refractivity contribution is -0.133. The van der Waals surface area contributed by atoms with Crippen LogP contribution in [-0.4, -0.2) is 80.5 Å². The summed E-state index contributed by atoms with van der Waals surface area (Å²) >= 11 is 0. The third-order valence-electron chi connectivity index (χ3n) is 6.52. The number of fused-ring (bicyclic) bond motifs is 2. The van der Waals surface area contributed by atoms with E-state index in [1.807, 2.05) is 49.2 Å². The Morgan fingerprint density at radius 2 is 1.79 bits per heavy atom. The van der Waals surface area contributed by atoms with Gasteiger partial charge in [-0.2, -0.15) is 9.61 Å². The first-order valence-corrected chi connectivity index (χ1v) is 11.4. The maximum atomic E-state index is 13.3. The lowest BCUT2D eigenvalue weighted by atomic mass is 10.1. The van der Waals surface area contributed by atoms with E-state index in [4.69, 9.17) is 0 Å². The predicted octanol–water partition coefficient (Wildman–Crippen LogP) is 1.30. The van der Waals surface area contributed by atoms with Crippen LogP contribution in [0.2, 0.25) is 0 Å². The number of piperazine rings is 1. The summed E-state index contributed by atoms with van der Waals surface area (Å²) in [4.78, 5) is 45.6. The normalized spacial score (nSPS) is 16.6. The lowest BCUT2D eigenvalue weighted by Crippen LogP contribution is -2.48. The van der Waals surface area contributed by atoms with E-state index in [-0.39, 0.29) is 30.5 Å². The molecule has 33 heavy (non-hydrogen) atoms. The van der Waals surface area contributed by atoms with Crippen LogP contribution in [0.3, 0.4) is 0 Å². The largest absolute Gasteiger partial charge is 0.339 e. The van der Waals surface area contributed by atoms with Crippen molar-refractivity contribution in [1.29, 1.82) is 0 Å². The topological polar surface area (TPSA) is 83.2 Å². The van der Waals surface area contributed by atoms with Crippen LogP contribution in [0.5, 0.6) is 0 Å². The van der Waals surface area contributed by atoms with Crippen LogP contribution in [0.4, 0.5) is 0 Å². The second kappa shape index (κ2) is 8.47. The van der Waals surface area contributed by atoms with E-state index in [9.17, 15) is 14.4 Å². The predicted molar refractivity (Wildman–Crippen MR) is 124 cm³/mol. The summed E-state index contributed by atoms with van der Waals surface area (Å²) in [6, 6.07) is 11.4. The molecule has 1 aromatic carbocycles. The first-order valence-electron chi connectivity index (χ1n) is 11.4.